The predicted molar refractivity (Wildman–Crippen MR) is 74.3 cm³/mol. The van der Waals surface area contributed by atoms with Crippen LogP contribution in [0.4, 0.5) is 0 Å². The SMILES string of the molecule is CC[S@](=O)c1c(C(Cl)(Cl)Cl)ccc(C(=O)O)c1C. The zero-order valence-corrected chi connectivity index (χ0v) is 12.8. The van der Waals surface area contributed by atoms with Gasteiger partial charge >= 0.3 is 5.97 Å². The molecule has 0 bridgehead atoms. The fourth-order valence-corrected chi connectivity index (χ4v) is 3.43. The summed E-state index contributed by atoms with van der Waals surface area (Å²) in [6.45, 7) is 3.28. The molecule has 0 aliphatic heterocycles. The predicted octanol–water partition coefficient (Wildman–Crippen LogP) is 3.65. The number of aromatic carboxylic acids is 1. The quantitative estimate of drug-likeness (QED) is 0.861. The summed E-state index contributed by atoms with van der Waals surface area (Å²) < 4.78 is 10.3. The van der Waals surface area contributed by atoms with Crippen molar-refractivity contribution in [1.29, 1.82) is 0 Å². The lowest BCUT2D eigenvalue weighted by atomic mass is 10.1. The van der Waals surface area contributed by atoms with Crippen LogP contribution in [0.3, 0.4) is 0 Å². The van der Waals surface area contributed by atoms with Gasteiger partial charge < -0.3 is 5.11 Å². The van der Waals surface area contributed by atoms with E-state index >= 15 is 0 Å². The number of hydrogen-bond donors (Lipinski definition) is 1. The first-order valence-corrected chi connectivity index (χ1v) is 7.47. The van der Waals surface area contributed by atoms with Crippen LogP contribution in [0.2, 0.25) is 0 Å². The molecule has 1 atom stereocenters. The maximum atomic E-state index is 12.0. The highest BCUT2D eigenvalue weighted by Crippen LogP contribution is 2.42. The van der Waals surface area contributed by atoms with Gasteiger partial charge in [-0.05, 0) is 18.6 Å². The second kappa shape index (κ2) is 5.78. The number of carbonyl (C=O) groups is 1. The molecule has 0 aliphatic carbocycles. The summed E-state index contributed by atoms with van der Waals surface area (Å²) in [6, 6.07) is 2.75. The molecule has 18 heavy (non-hydrogen) atoms. The van der Waals surface area contributed by atoms with Crippen molar-refractivity contribution in [2.75, 3.05) is 5.75 Å². The van der Waals surface area contributed by atoms with Gasteiger partial charge in [-0.1, -0.05) is 47.8 Å². The minimum absolute atomic E-state index is 0.0600. The van der Waals surface area contributed by atoms with Crippen molar-refractivity contribution in [2.24, 2.45) is 0 Å². The Morgan fingerprint density at radius 1 is 1.39 bits per heavy atom. The highest BCUT2D eigenvalue weighted by Gasteiger charge is 2.30. The Morgan fingerprint density at radius 3 is 2.33 bits per heavy atom. The van der Waals surface area contributed by atoms with Crippen LogP contribution in [0.5, 0.6) is 0 Å². The smallest absolute Gasteiger partial charge is 0.335 e. The summed E-state index contributed by atoms with van der Waals surface area (Å²) in [4.78, 5) is 11.3. The van der Waals surface area contributed by atoms with E-state index in [4.69, 9.17) is 39.9 Å². The largest absolute Gasteiger partial charge is 0.478 e. The van der Waals surface area contributed by atoms with Gasteiger partial charge in [0, 0.05) is 16.2 Å². The van der Waals surface area contributed by atoms with E-state index in [0.29, 0.717) is 11.3 Å². The van der Waals surface area contributed by atoms with Crippen molar-refractivity contribution in [2.45, 2.75) is 22.5 Å². The fraction of sp³-hybridized carbons (Fsp3) is 0.364. The van der Waals surface area contributed by atoms with Crippen LogP contribution in [-0.4, -0.2) is 21.0 Å². The molecule has 1 N–H and O–H groups in total. The zero-order valence-electron chi connectivity index (χ0n) is 9.67. The van der Waals surface area contributed by atoms with Crippen molar-refractivity contribution >= 4 is 51.6 Å². The van der Waals surface area contributed by atoms with Crippen LogP contribution < -0.4 is 0 Å². The molecule has 0 heterocycles. The van der Waals surface area contributed by atoms with E-state index in [-0.39, 0.29) is 16.0 Å². The molecule has 100 valence electrons. The molecule has 1 aromatic carbocycles. The van der Waals surface area contributed by atoms with Crippen LogP contribution >= 0.6 is 34.8 Å². The molecular weight excluding hydrogens is 319 g/mol. The van der Waals surface area contributed by atoms with Crippen LogP contribution in [0, 0.1) is 6.92 Å². The summed E-state index contributed by atoms with van der Waals surface area (Å²) in [6.07, 6.45) is 0. The molecule has 0 aromatic heterocycles. The first kappa shape index (κ1) is 15.8. The first-order valence-electron chi connectivity index (χ1n) is 5.02. The number of hydrogen-bond acceptors (Lipinski definition) is 2. The molecule has 0 saturated carbocycles. The Balaban J connectivity index is 3.62. The third-order valence-corrected chi connectivity index (χ3v) is 4.55. The number of alkyl halides is 3. The summed E-state index contributed by atoms with van der Waals surface area (Å²) in [7, 11) is -1.40. The van der Waals surface area contributed by atoms with Gasteiger partial charge in [-0.2, -0.15) is 0 Å². The lowest BCUT2D eigenvalue weighted by Crippen LogP contribution is -2.13. The highest BCUT2D eigenvalue weighted by atomic mass is 35.6. The van der Waals surface area contributed by atoms with Crippen molar-refractivity contribution in [1.82, 2.24) is 0 Å². The molecule has 7 heteroatoms. The third-order valence-electron chi connectivity index (χ3n) is 2.43. The maximum Gasteiger partial charge on any atom is 0.335 e. The number of carboxylic acid groups (broad SMARTS) is 1. The van der Waals surface area contributed by atoms with Crippen molar-refractivity contribution in [3.05, 3.63) is 28.8 Å². The first-order chi connectivity index (χ1) is 8.20. The Labute approximate surface area is 122 Å². The molecule has 1 rings (SSSR count). The maximum absolute atomic E-state index is 12.0. The second-order valence-electron chi connectivity index (χ2n) is 3.55. The van der Waals surface area contributed by atoms with E-state index in [9.17, 15) is 9.00 Å². The molecule has 0 radical (unpaired) electrons. The van der Waals surface area contributed by atoms with E-state index in [0.717, 1.165) is 0 Å². The van der Waals surface area contributed by atoms with Crippen LogP contribution in [0.1, 0.15) is 28.4 Å². The Bertz CT molecular complexity index is 509. The molecule has 0 unspecified atom stereocenters. The topological polar surface area (TPSA) is 54.4 Å². The summed E-state index contributed by atoms with van der Waals surface area (Å²) in [5.74, 6) is -0.782. The highest BCUT2D eigenvalue weighted by molar-refractivity contribution is 7.85. The summed E-state index contributed by atoms with van der Waals surface area (Å²) in [5, 5.41) is 9.04. The van der Waals surface area contributed by atoms with Gasteiger partial charge in [0.1, 0.15) is 0 Å². The van der Waals surface area contributed by atoms with Crippen LogP contribution in [0.25, 0.3) is 0 Å². The van der Waals surface area contributed by atoms with Gasteiger partial charge in [0.25, 0.3) is 0 Å². The average Bonchev–Trinajstić information content (AvgIpc) is 2.25. The standard InChI is InChI=1S/C11H11Cl3O3S/c1-3-18(17)9-6(2)7(10(15)16)4-5-8(9)11(12,13)14/h4-5H,3H2,1-2H3,(H,15,16)/t18-/m0/s1. The van der Waals surface area contributed by atoms with Gasteiger partial charge in [0.05, 0.1) is 16.4 Å². The van der Waals surface area contributed by atoms with Crippen LogP contribution in [0.15, 0.2) is 17.0 Å². The van der Waals surface area contributed by atoms with E-state index in [1.165, 1.54) is 12.1 Å². The van der Waals surface area contributed by atoms with Crippen molar-refractivity contribution < 1.29 is 14.1 Å². The normalized spacial score (nSPS) is 13.4. The average molecular weight is 330 g/mol. The van der Waals surface area contributed by atoms with Crippen molar-refractivity contribution in [3.8, 4) is 0 Å². The van der Waals surface area contributed by atoms with Gasteiger partial charge in [-0.3, -0.25) is 4.21 Å². The lowest BCUT2D eigenvalue weighted by molar-refractivity contribution is 0.0696. The number of rotatable bonds is 3. The van der Waals surface area contributed by atoms with Gasteiger partial charge in [-0.25, -0.2) is 4.79 Å². The molecule has 3 nitrogen and oxygen atoms in total. The van der Waals surface area contributed by atoms with E-state index < -0.39 is 20.6 Å². The Kier molecular flexibility index (Phi) is 5.06. The van der Waals surface area contributed by atoms with E-state index in [2.05, 4.69) is 0 Å². The van der Waals surface area contributed by atoms with E-state index in [1.54, 1.807) is 13.8 Å². The Morgan fingerprint density at radius 2 is 1.94 bits per heavy atom. The van der Waals surface area contributed by atoms with Gasteiger partial charge in [0.2, 0.25) is 3.79 Å². The zero-order chi connectivity index (χ0) is 14.1. The Hall–Kier alpha value is -0.290. The summed E-state index contributed by atoms with van der Waals surface area (Å²) in [5.41, 5.74) is 0.687. The van der Waals surface area contributed by atoms with Gasteiger partial charge in [0.15, 0.2) is 0 Å². The number of carboxylic acids is 1. The minimum Gasteiger partial charge on any atom is -0.478 e. The molecule has 0 aliphatic rings. The van der Waals surface area contributed by atoms with Gasteiger partial charge in [-0.15, -0.1) is 0 Å². The molecule has 1 aromatic rings. The third kappa shape index (κ3) is 3.18. The molecule has 0 fully saturated rings. The molecular formula is C11H11Cl3O3S. The van der Waals surface area contributed by atoms with Crippen LogP contribution in [-0.2, 0) is 14.6 Å². The second-order valence-corrected chi connectivity index (χ2v) is 7.51. The number of halogens is 3. The molecule has 0 spiro atoms. The minimum atomic E-state index is -1.73. The molecule has 0 saturated heterocycles. The summed E-state index contributed by atoms with van der Waals surface area (Å²) >= 11 is 17.5. The monoisotopic (exact) mass is 328 g/mol. The molecule has 0 amide bonds. The van der Waals surface area contributed by atoms with E-state index in [1.807, 2.05) is 0 Å². The van der Waals surface area contributed by atoms with Crippen molar-refractivity contribution in [3.63, 3.8) is 0 Å². The lowest BCUT2D eigenvalue weighted by Gasteiger charge is -2.19. The fourth-order valence-electron chi connectivity index (χ4n) is 1.58. The number of benzene rings is 1.